The second-order valence-electron chi connectivity index (χ2n) is 8.40. The van der Waals surface area contributed by atoms with E-state index in [1.807, 2.05) is 0 Å². The molecule has 0 radical (unpaired) electrons. The third kappa shape index (κ3) is 2.74. The lowest BCUT2D eigenvalue weighted by atomic mass is 9.74. The lowest BCUT2D eigenvalue weighted by Gasteiger charge is -2.38. The summed E-state index contributed by atoms with van der Waals surface area (Å²) in [6, 6.07) is 3.57. The van der Waals surface area contributed by atoms with Gasteiger partial charge in [0.15, 0.2) is 17.2 Å². The quantitative estimate of drug-likeness (QED) is 0.440. The first-order valence-electron chi connectivity index (χ1n) is 10.1. The number of benzene rings is 2. The Morgan fingerprint density at radius 2 is 1.84 bits per heavy atom. The molecule has 3 aromatic rings. The van der Waals surface area contributed by atoms with Gasteiger partial charge in [0.2, 0.25) is 0 Å². The van der Waals surface area contributed by atoms with Crippen molar-refractivity contribution in [2.75, 3.05) is 14.2 Å². The Morgan fingerprint density at radius 3 is 2.48 bits per heavy atom. The average Bonchev–Trinajstić information content (AvgIpc) is 3.18. The highest BCUT2D eigenvalue weighted by atomic mass is 35.5. The minimum atomic E-state index is -4.27. The monoisotopic (exact) mass is 463 g/mol. The van der Waals surface area contributed by atoms with Crippen LogP contribution >= 0.6 is 11.6 Å². The molecule has 2 aliphatic rings. The Kier molecular flexibility index (Phi) is 4.55. The van der Waals surface area contributed by atoms with E-state index in [9.17, 15) is 18.1 Å². The normalized spacial score (nSPS) is 23.0. The van der Waals surface area contributed by atoms with Crippen LogP contribution in [0.4, 0.5) is 0 Å². The molecule has 2 unspecified atom stereocenters. The maximum absolute atomic E-state index is 12.6. The number of methoxy groups -OCH3 is 2. The topological polar surface area (TPSA) is 106 Å². The van der Waals surface area contributed by atoms with Crippen molar-refractivity contribution in [3.05, 3.63) is 34.5 Å². The average molecular weight is 464 g/mol. The van der Waals surface area contributed by atoms with Crippen molar-refractivity contribution in [2.24, 2.45) is 5.92 Å². The molecule has 1 heterocycles. The van der Waals surface area contributed by atoms with Crippen molar-refractivity contribution in [1.82, 2.24) is 4.98 Å². The molecular formula is C22H22ClNO6S. The van der Waals surface area contributed by atoms with Gasteiger partial charge in [-0.05, 0) is 65.6 Å². The summed E-state index contributed by atoms with van der Waals surface area (Å²) >= 11 is 6.53. The number of aromatic hydroxyl groups is 1. The summed E-state index contributed by atoms with van der Waals surface area (Å²) in [7, 11) is -1.22. The van der Waals surface area contributed by atoms with Gasteiger partial charge in [-0.2, -0.15) is 8.42 Å². The van der Waals surface area contributed by atoms with Crippen molar-refractivity contribution in [2.45, 2.75) is 36.9 Å². The van der Waals surface area contributed by atoms with E-state index in [2.05, 4.69) is 4.98 Å². The molecule has 1 fully saturated rings. The van der Waals surface area contributed by atoms with Gasteiger partial charge in [0, 0.05) is 5.39 Å². The SMILES string of the molecule is COc1cc2c3c(c4ncc(O)c(Cl)c4c2cc1OC)CC1CCCC1(S(=O)(=O)O)C3. The lowest BCUT2D eigenvalue weighted by molar-refractivity contribution is 0.340. The molecule has 164 valence electrons. The van der Waals surface area contributed by atoms with E-state index in [0.717, 1.165) is 29.4 Å². The minimum Gasteiger partial charge on any atom is -0.505 e. The van der Waals surface area contributed by atoms with Gasteiger partial charge in [-0.3, -0.25) is 9.54 Å². The first-order chi connectivity index (χ1) is 14.7. The molecule has 0 aliphatic heterocycles. The van der Waals surface area contributed by atoms with Gasteiger partial charge in [-0.15, -0.1) is 0 Å². The Labute approximate surface area is 184 Å². The Balaban J connectivity index is 1.95. The molecule has 0 saturated heterocycles. The summed E-state index contributed by atoms with van der Waals surface area (Å²) in [4.78, 5) is 4.48. The second kappa shape index (κ2) is 6.85. The fourth-order valence-electron chi connectivity index (χ4n) is 5.63. The van der Waals surface area contributed by atoms with Crippen molar-refractivity contribution in [1.29, 1.82) is 0 Å². The van der Waals surface area contributed by atoms with E-state index >= 15 is 0 Å². The van der Waals surface area contributed by atoms with Crippen LogP contribution in [-0.4, -0.2) is 42.0 Å². The van der Waals surface area contributed by atoms with Crippen molar-refractivity contribution < 1.29 is 27.6 Å². The number of halogens is 1. The number of pyridine rings is 1. The number of fused-ring (bicyclic) bond motifs is 7. The van der Waals surface area contributed by atoms with Gasteiger partial charge < -0.3 is 14.6 Å². The Bertz CT molecular complexity index is 1360. The zero-order valence-corrected chi connectivity index (χ0v) is 18.7. The molecule has 1 aromatic heterocycles. The van der Waals surface area contributed by atoms with Crippen LogP contribution in [-0.2, 0) is 23.0 Å². The van der Waals surface area contributed by atoms with Crippen LogP contribution in [0.2, 0.25) is 5.02 Å². The summed E-state index contributed by atoms with van der Waals surface area (Å²) in [6.45, 7) is 0. The number of ether oxygens (including phenoxy) is 2. The summed E-state index contributed by atoms with van der Waals surface area (Å²) in [5.74, 6) is 0.643. The minimum absolute atomic E-state index is 0.130. The number of aromatic nitrogens is 1. The highest BCUT2D eigenvalue weighted by molar-refractivity contribution is 7.87. The summed E-state index contributed by atoms with van der Waals surface area (Å²) in [5.41, 5.74) is 2.35. The van der Waals surface area contributed by atoms with Gasteiger partial charge in [-0.25, -0.2) is 0 Å². The molecule has 2 aromatic carbocycles. The number of rotatable bonds is 3. The predicted octanol–water partition coefficient (Wildman–Crippen LogP) is 4.29. The summed E-state index contributed by atoms with van der Waals surface area (Å²) in [5, 5.41) is 12.5. The van der Waals surface area contributed by atoms with E-state index < -0.39 is 14.9 Å². The molecule has 7 nitrogen and oxygen atoms in total. The second-order valence-corrected chi connectivity index (χ2v) is 10.5. The van der Waals surface area contributed by atoms with E-state index in [1.165, 1.54) is 20.4 Å². The van der Waals surface area contributed by atoms with E-state index in [4.69, 9.17) is 21.1 Å². The van der Waals surface area contributed by atoms with Crippen molar-refractivity contribution in [3.63, 3.8) is 0 Å². The molecule has 2 N–H and O–H groups in total. The van der Waals surface area contributed by atoms with E-state index in [-0.39, 0.29) is 23.1 Å². The molecule has 31 heavy (non-hydrogen) atoms. The molecule has 0 bridgehead atoms. The van der Waals surface area contributed by atoms with Gasteiger partial charge in [0.05, 0.1) is 31.0 Å². The van der Waals surface area contributed by atoms with E-state index in [1.54, 1.807) is 12.1 Å². The first kappa shape index (κ1) is 20.6. The molecule has 5 rings (SSSR count). The fraction of sp³-hybridized carbons (Fsp3) is 0.409. The smallest absolute Gasteiger partial charge is 0.271 e. The first-order valence-corrected chi connectivity index (χ1v) is 11.9. The number of nitrogens with zero attached hydrogens (tertiary/aromatic N) is 1. The third-order valence-electron chi connectivity index (χ3n) is 7.10. The zero-order chi connectivity index (χ0) is 22.1. The molecule has 0 amide bonds. The maximum atomic E-state index is 12.6. The third-order valence-corrected chi connectivity index (χ3v) is 9.19. The van der Waals surface area contributed by atoms with Crippen LogP contribution in [0, 0.1) is 5.92 Å². The maximum Gasteiger partial charge on any atom is 0.271 e. The van der Waals surface area contributed by atoms with Crippen LogP contribution in [0.5, 0.6) is 17.2 Å². The van der Waals surface area contributed by atoms with Gasteiger partial charge in [0.1, 0.15) is 4.75 Å². The highest BCUT2D eigenvalue weighted by Gasteiger charge is 2.55. The molecule has 2 atom stereocenters. The summed E-state index contributed by atoms with van der Waals surface area (Å²) < 4.78 is 45.1. The fourth-order valence-corrected chi connectivity index (χ4v) is 7.22. The lowest BCUT2D eigenvalue weighted by Crippen LogP contribution is -2.47. The standard InChI is InChI=1S/C22H22ClNO6S/c1-29-17-7-12-13(8-18(17)30-2)19-20(23)16(25)10-24-21(19)14-6-11-4-3-5-22(11,9-15(12)14)31(26,27)28/h7-8,10-11,25H,3-6,9H2,1-2H3,(H,26,27,28). The van der Waals surface area contributed by atoms with Gasteiger partial charge in [0.25, 0.3) is 10.1 Å². The number of hydrogen-bond donors (Lipinski definition) is 2. The Morgan fingerprint density at radius 1 is 1.16 bits per heavy atom. The van der Waals surface area contributed by atoms with E-state index in [0.29, 0.717) is 40.6 Å². The van der Waals surface area contributed by atoms with Crippen LogP contribution in [0.3, 0.4) is 0 Å². The van der Waals surface area contributed by atoms with Gasteiger partial charge >= 0.3 is 0 Å². The van der Waals surface area contributed by atoms with Crippen LogP contribution in [0.1, 0.15) is 30.4 Å². The van der Waals surface area contributed by atoms with Gasteiger partial charge in [-0.1, -0.05) is 18.0 Å². The molecule has 2 aliphatic carbocycles. The number of hydrogen-bond acceptors (Lipinski definition) is 6. The predicted molar refractivity (Wildman–Crippen MR) is 118 cm³/mol. The van der Waals surface area contributed by atoms with Crippen molar-refractivity contribution in [3.8, 4) is 17.2 Å². The van der Waals surface area contributed by atoms with Crippen LogP contribution < -0.4 is 9.47 Å². The molecule has 0 spiro atoms. The highest BCUT2D eigenvalue weighted by Crippen LogP contribution is 2.53. The molecular weight excluding hydrogens is 442 g/mol. The van der Waals surface area contributed by atoms with Crippen LogP contribution in [0.15, 0.2) is 18.3 Å². The van der Waals surface area contributed by atoms with Crippen LogP contribution in [0.25, 0.3) is 21.7 Å². The van der Waals surface area contributed by atoms with Crippen molar-refractivity contribution >= 4 is 43.4 Å². The Hall–Kier alpha value is -2.29. The molecule has 1 saturated carbocycles. The molecule has 9 heteroatoms. The zero-order valence-electron chi connectivity index (χ0n) is 17.1. The summed E-state index contributed by atoms with van der Waals surface area (Å²) in [6.07, 6.45) is 3.85. The largest absolute Gasteiger partial charge is 0.505 e.